The molecule has 12 heavy (non-hydrogen) atoms. The molecule has 5 nitrogen and oxygen atoms in total. The zero-order valence-electron chi connectivity index (χ0n) is 7.23. The number of methoxy groups -OCH3 is 1. The van der Waals surface area contributed by atoms with E-state index in [2.05, 4.69) is 9.47 Å². The monoisotopic (exact) mass is 176 g/mol. The number of carbonyl (C=O) groups is 2. The lowest BCUT2D eigenvalue weighted by Crippen LogP contribution is -2.36. The van der Waals surface area contributed by atoms with Crippen molar-refractivity contribution in [2.45, 2.75) is 26.1 Å². The molecule has 0 aromatic heterocycles. The molecule has 0 saturated heterocycles. The van der Waals surface area contributed by atoms with Gasteiger partial charge in [0.15, 0.2) is 6.10 Å². The summed E-state index contributed by atoms with van der Waals surface area (Å²) in [6, 6.07) is 0. The molecule has 0 heterocycles. The van der Waals surface area contributed by atoms with Crippen LogP contribution in [0.4, 0.5) is 0 Å². The minimum absolute atomic E-state index is 0.522. The van der Waals surface area contributed by atoms with Crippen LogP contribution >= 0.6 is 0 Å². The highest BCUT2D eigenvalue weighted by atomic mass is 16.6. The second-order valence-corrected chi connectivity index (χ2v) is 2.31. The number of carboxylic acid groups (broad SMARTS) is 1. The molecule has 0 aromatic rings. The van der Waals surface area contributed by atoms with Gasteiger partial charge in [-0.1, -0.05) is 0 Å². The standard InChI is InChI=1S/C7H12O5/c1-4(12-5(2)8)6(11-3)7(9)10/h4,6H,1-3H3,(H,9,10). The van der Waals surface area contributed by atoms with Gasteiger partial charge in [0.05, 0.1) is 0 Å². The number of ether oxygens (including phenoxy) is 2. The average molecular weight is 176 g/mol. The second-order valence-electron chi connectivity index (χ2n) is 2.31. The molecule has 0 aliphatic carbocycles. The highest BCUT2D eigenvalue weighted by Crippen LogP contribution is 2.03. The number of carboxylic acids is 1. The summed E-state index contributed by atoms with van der Waals surface area (Å²) < 4.78 is 9.22. The van der Waals surface area contributed by atoms with E-state index in [1.54, 1.807) is 0 Å². The van der Waals surface area contributed by atoms with E-state index in [0.717, 1.165) is 0 Å². The van der Waals surface area contributed by atoms with E-state index in [1.807, 2.05) is 0 Å². The van der Waals surface area contributed by atoms with E-state index in [9.17, 15) is 9.59 Å². The number of aliphatic carboxylic acids is 1. The highest BCUT2D eigenvalue weighted by Gasteiger charge is 2.26. The van der Waals surface area contributed by atoms with Crippen molar-refractivity contribution < 1.29 is 24.2 Å². The third-order valence-corrected chi connectivity index (χ3v) is 1.28. The fourth-order valence-electron chi connectivity index (χ4n) is 0.817. The van der Waals surface area contributed by atoms with Gasteiger partial charge in [-0.3, -0.25) is 4.79 Å². The van der Waals surface area contributed by atoms with Crippen molar-refractivity contribution in [2.75, 3.05) is 7.11 Å². The summed E-state index contributed by atoms with van der Waals surface area (Å²) in [7, 11) is 1.25. The molecule has 0 fully saturated rings. The van der Waals surface area contributed by atoms with E-state index in [4.69, 9.17) is 5.11 Å². The Morgan fingerprint density at radius 2 is 1.92 bits per heavy atom. The van der Waals surface area contributed by atoms with Gasteiger partial charge in [-0.25, -0.2) is 4.79 Å². The summed E-state index contributed by atoms with van der Waals surface area (Å²) >= 11 is 0. The number of hydrogen-bond acceptors (Lipinski definition) is 4. The molecule has 0 amide bonds. The van der Waals surface area contributed by atoms with Crippen LogP contribution in [0, 0.1) is 0 Å². The van der Waals surface area contributed by atoms with Crippen LogP contribution in [0.15, 0.2) is 0 Å². The van der Waals surface area contributed by atoms with Crippen LogP contribution in [0.2, 0.25) is 0 Å². The highest BCUT2D eigenvalue weighted by molar-refractivity contribution is 5.74. The Morgan fingerprint density at radius 3 is 2.17 bits per heavy atom. The van der Waals surface area contributed by atoms with E-state index in [0.29, 0.717) is 0 Å². The minimum atomic E-state index is -1.15. The van der Waals surface area contributed by atoms with Crippen LogP contribution in [-0.2, 0) is 19.1 Å². The maximum atomic E-state index is 10.4. The molecule has 0 aromatic carbocycles. The zero-order chi connectivity index (χ0) is 9.72. The molecular formula is C7H12O5. The number of hydrogen-bond donors (Lipinski definition) is 1. The number of carbonyl (C=O) groups excluding carboxylic acids is 1. The van der Waals surface area contributed by atoms with Gasteiger partial charge in [0, 0.05) is 14.0 Å². The maximum absolute atomic E-state index is 10.4. The van der Waals surface area contributed by atoms with Crippen molar-refractivity contribution in [3.63, 3.8) is 0 Å². The van der Waals surface area contributed by atoms with Gasteiger partial charge in [0.2, 0.25) is 0 Å². The topological polar surface area (TPSA) is 72.8 Å². The summed E-state index contributed by atoms with van der Waals surface area (Å²) in [6.07, 6.45) is -1.88. The molecule has 70 valence electrons. The third kappa shape index (κ3) is 3.34. The van der Waals surface area contributed by atoms with Crippen LogP contribution < -0.4 is 0 Å². The number of rotatable bonds is 4. The van der Waals surface area contributed by atoms with Gasteiger partial charge in [-0.2, -0.15) is 0 Å². The van der Waals surface area contributed by atoms with Crippen LogP contribution in [0.3, 0.4) is 0 Å². The van der Waals surface area contributed by atoms with Gasteiger partial charge in [0.1, 0.15) is 6.10 Å². The summed E-state index contributed by atoms with van der Waals surface area (Å²) in [6.45, 7) is 2.68. The third-order valence-electron chi connectivity index (χ3n) is 1.28. The van der Waals surface area contributed by atoms with E-state index < -0.39 is 24.1 Å². The minimum Gasteiger partial charge on any atom is -0.479 e. The van der Waals surface area contributed by atoms with Crippen molar-refractivity contribution in [2.24, 2.45) is 0 Å². The predicted molar refractivity (Wildman–Crippen MR) is 39.7 cm³/mol. The first kappa shape index (κ1) is 10.9. The molecule has 0 aliphatic heterocycles. The van der Waals surface area contributed by atoms with Gasteiger partial charge < -0.3 is 14.6 Å². The van der Waals surface area contributed by atoms with Crippen LogP contribution in [0.5, 0.6) is 0 Å². The molecule has 0 aliphatic rings. The molecule has 0 spiro atoms. The Kier molecular flexibility index (Phi) is 4.28. The van der Waals surface area contributed by atoms with Gasteiger partial charge in [-0.05, 0) is 6.92 Å². The lowest BCUT2D eigenvalue weighted by atomic mass is 10.2. The summed E-state index contributed by atoms with van der Waals surface area (Å²) in [5.74, 6) is -1.67. The van der Waals surface area contributed by atoms with Crippen molar-refractivity contribution in [3.05, 3.63) is 0 Å². The van der Waals surface area contributed by atoms with Gasteiger partial charge >= 0.3 is 11.9 Å². The van der Waals surface area contributed by atoms with Crippen molar-refractivity contribution >= 4 is 11.9 Å². The lowest BCUT2D eigenvalue weighted by molar-refractivity contribution is -0.165. The quantitative estimate of drug-likeness (QED) is 0.612. The molecule has 2 atom stereocenters. The first-order chi connectivity index (χ1) is 5.49. The Balaban J connectivity index is 4.11. The fraction of sp³-hybridized carbons (Fsp3) is 0.714. The Hall–Kier alpha value is -1.10. The fourth-order valence-corrected chi connectivity index (χ4v) is 0.817. The summed E-state index contributed by atoms with van der Waals surface area (Å²) in [5.41, 5.74) is 0. The first-order valence-corrected chi connectivity index (χ1v) is 3.41. The Morgan fingerprint density at radius 1 is 1.42 bits per heavy atom. The average Bonchev–Trinajstić information content (AvgIpc) is 1.85. The number of esters is 1. The largest absolute Gasteiger partial charge is 0.479 e. The van der Waals surface area contributed by atoms with E-state index in [-0.39, 0.29) is 0 Å². The second kappa shape index (κ2) is 4.71. The van der Waals surface area contributed by atoms with Gasteiger partial charge in [0.25, 0.3) is 0 Å². The summed E-state index contributed by atoms with van der Waals surface area (Å²) in [4.78, 5) is 20.9. The maximum Gasteiger partial charge on any atom is 0.336 e. The molecule has 0 radical (unpaired) electrons. The van der Waals surface area contributed by atoms with Crippen LogP contribution in [0.1, 0.15) is 13.8 Å². The first-order valence-electron chi connectivity index (χ1n) is 3.41. The molecule has 2 unspecified atom stereocenters. The Bertz CT molecular complexity index is 177. The molecule has 0 bridgehead atoms. The van der Waals surface area contributed by atoms with Crippen LogP contribution in [0.25, 0.3) is 0 Å². The zero-order valence-corrected chi connectivity index (χ0v) is 7.23. The van der Waals surface area contributed by atoms with Crippen molar-refractivity contribution in [1.82, 2.24) is 0 Å². The SMILES string of the molecule is COC(C(=O)O)C(C)OC(C)=O. The Labute approximate surface area is 70.3 Å². The lowest BCUT2D eigenvalue weighted by Gasteiger charge is -2.17. The predicted octanol–water partition coefficient (Wildman–Crippen LogP) is 0.0376. The smallest absolute Gasteiger partial charge is 0.336 e. The molecule has 5 heteroatoms. The summed E-state index contributed by atoms with van der Waals surface area (Å²) in [5, 5.41) is 8.54. The molecule has 0 saturated carbocycles. The molecular weight excluding hydrogens is 164 g/mol. The normalized spacial score (nSPS) is 14.9. The van der Waals surface area contributed by atoms with Crippen molar-refractivity contribution in [3.8, 4) is 0 Å². The van der Waals surface area contributed by atoms with E-state index in [1.165, 1.54) is 21.0 Å². The van der Waals surface area contributed by atoms with Gasteiger partial charge in [-0.15, -0.1) is 0 Å². The molecule has 1 N–H and O–H groups in total. The van der Waals surface area contributed by atoms with Crippen molar-refractivity contribution in [1.29, 1.82) is 0 Å². The molecule has 0 rings (SSSR count). The van der Waals surface area contributed by atoms with Crippen LogP contribution in [-0.4, -0.2) is 36.4 Å². The van der Waals surface area contributed by atoms with E-state index >= 15 is 0 Å².